The highest BCUT2D eigenvalue weighted by molar-refractivity contribution is 7.98. The molecule has 0 aromatic heterocycles. The summed E-state index contributed by atoms with van der Waals surface area (Å²) in [5.41, 5.74) is 5.86. The monoisotopic (exact) mass is 490 g/mol. The Labute approximate surface area is 199 Å². The lowest BCUT2D eigenvalue weighted by Crippen LogP contribution is -2.57. The maximum Gasteiger partial charge on any atom is 0.326 e. The van der Waals surface area contributed by atoms with Crippen molar-refractivity contribution in [3.05, 3.63) is 0 Å². The molecule has 0 radical (unpaired) electrons. The lowest BCUT2D eigenvalue weighted by Gasteiger charge is -2.26. The molecule has 0 fully saturated rings. The molecule has 4 atom stereocenters. The van der Waals surface area contributed by atoms with E-state index in [9.17, 15) is 29.1 Å². The Morgan fingerprint density at radius 1 is 0.818 bits per heavy atom. The number of rotatable bonds is 16. The van der Waals surface area contributed by atoms with Crippen LogP contribution in [0.5, 0.6) is 0 Å². The zero-order valence-electron chi connectivity index (χ0n) is 19.9. The molecule has 0 aliphatic rings. The number of carbonyl (C=O) groups excluding carboxylic acids is 3. The van der Waals surface area contributed by atoms with Gasteiger partial charge in [-0.3, -0.25) is 19.2 Å². The molecule has 0 aliphatic heterocycles. The molecule has 0 saturated carbocycles. The molecule has 4 unspecified atom stereocenters. The zero-order chi connectivity index (χ0) is 25.7. The predicted octanol–water partition coefficient (Wildman–Crippen LogP) is 0.173. The fourth-order valence-corrected chi connectivity index (χ4v) is 3.32. The molecule has 33 heavy (non-hydrogen) atoms. The molecule has 11 nitrogen and oxygen atoms in total. The normalized spacial score (nSPS) is 14.8. The number of carboxylic acid groups (broad SMARTS) is 2. The number of amides is 3. The van der Waals surface area contributed by atoms with E-state index in [2.05, 4.69) is 16.0 Å². The van der Waals surface area contributed by atoms with Gasteiger partial charge in [0.1, 0.15) is 18.1 Å². The van der Waals surface area contributed by atoms with Crippen LogP contribution >= 0.6 is 11.8 Å². The second-order valence-electron chi connectivity index (χ2n) is 8.63. The Kier molecular flexibility index (Phi) is 14.4. The van der Waals surface area contributed by atoms with Crippen molar-refractivity contribution in [1.82, 2.24) is 16.0 Å². The molecule has 0 rings (SSSR count). The molecule has 12 heteroatoms. The Hall–Kier alpha value is -2.34. The van der Waals surface area contributed by atoms with Gasteiger partial charge in [0.15, 0.2) is 0 Å². The average Bonchev–Trinajstić information content (AvgIpc) is 2.71. The summed E-state index contributed by atoms with van der Waals surface area (Å²) in [5.74, 6) is -4.03. The quantitative estimate of drug-likeness (QED) is 0.175. The van der Waals surface area contributed by atoms with Crippen molar-refractivity contribution in [2.75, 3.05) is 12.0 Å². The van der Waals surface area contributed by atoms with Crippen LogP contribution in [0, 0.1) is 11.8 Å². The number of carboxylic acids is 2. The lowest BCUT2D eigenvalue weighted by atomic mass is 10.00. The minimum Gasteiger partial charge on any atom is -0.481 e. The van der Waals surface area contributed by atoms with E-state index in [1.807, 2.05) is 13.8 Å². The van der Waals surface area contributed by atoms with E-state index in [1.54, 1.807) is 20.1 Å². The summed E-state index contributed by atoms with van der Waals surface area (Å²) in [6.45, 7) is 7.24. The molecular formula is C21H38N4O7S. The molecule has 7 N–H and O–H groups in total. The van der Waals surface area contributed by atoms with Gasteiger partial charge >= 0.3 is 11.9 Å². The summed E-state index contributed by atoms with van der Waals surface area (Å²) in [7, 11) is 0. The van der Waals surface area contributed by atoms with Crippen molar-refractivity contribution in [2.45, 2.75) is 77.5 Å². The molecule has 190 valence electrons. The number of nitrogens with two attached hydrogens (primary N) is 1. The second-order valence-corrected chi connectivity index (χ2v) is 9.62. The maximum absolute atomic E-state index is 12.9. The molecule has 0 saturated heterocycles. The summed E-state index contributed by atoms with van der Waals surface area (Å²) < 4.78 is 0. The summed E-state index contributed by atoms with van der Waals surface area (Å²) in [5, 5.41) is 25.8. The highest BCUT2D eigenvalue weighted by atomic mass is 32.2. The lowest BCUT2D eigenvalue weighted by molar-refractivity contribution is -0.143. The number of thioether (sulfide) groups is 1. The van der Waals surface area contributed by atoms with E-state index < -0.39 is 60.2 Å². The minimum absolute atomic E-state index is 0.0190. The van der Waals surface area contributed by atoms with Crippen molar-refractivity contribution >= 4 is 41.4 Å². The first-order valence-electron chi connectivity index (χ1n) is 10.9. The molecule has 0 bridgehead atoms. The Morgan fingerprint density at radius 2 is 1.33 bits per heavy atom. The van der Waals surface area contributed by atoms with Gasteiger partial charge in [-0.05, 0) is 43.1 Å². The average molecular weight is 491 g/mol. The summed E-state index contributed by atoms with van der Waals surface area (Å²) >= 11 is 1.41. The highest BCUT2D eigenvalue weighted by Crippen LogP contribution is 2.09. The van der Waals surface area contributed by atoms with Gasteiger partial charge in [0.05, 0.1) is 6.04 Å². The van der Waals surface area contributed by atoms with Crippen LogP contribution in [0.15, 0.2) is 0 Å². The fourth-order valence-electron chi connectivity index (χ4n) is 2.85. The van der Waals surface area contributed by atoms with Gasteiger partial charge in [-0.15, -0.1) is 0 Å². The minimum atomic E-state index is -1.28. The SMILES string of the molecule is CSCCC(NC(=O)C(CCC(=O)O)NC(=O)C(CC(C)C)NC(=O)C(N)C(C)C)C(=O)O. The fraction of sp³-hybridized carbons (Fsp3) is 0.762. The van der Waals surface area contributed by atoms with Crippen molar-refractivity contribution in [1.29, 1.82) is 0 Å². The molecule has 0 heterocycles. The van der Waals surface area contributed by atoms with E-state index in [0.717, 1.165) is 0 Å². The van der Waals surface area contributed by atoms with Crippen LogP contribution in [0.4, 0.5) is 0 Å². The zero-order valence-corrected chi connectivity index (χ0v) is 20.7. The summed E-state index contributed by atoms with van der Waals surface area (Å²) in [4.78, 5) is 60.6. The van der Waals surface area contributed by atoms with Crippen molar-refractivity contribution < 1.29 is 34.2 Å². The van der Waals surface area contributed by atoms with Crippen molar-refractivity contribution in [2.24, 2.45) is 17.6 Å². The van der Waals surface area contributed by atoms with Gasteiger partial charge in [0.2, 0.25) is 17.7 Å². The van der Waals surface area contributed by atoms with Gasteiger partial charge < -0.3 is 31.9 Å². The first-order chi connectivity index (χ1) is 15.3. The van der Waals surface area contributed by atoms with Crippen LogP contribution in [-0.2, 0) is 24.0 Å². The van der Waals surface area contributed by atoms with E-state index in [0.29, 0.717) is 5.75 Å². The van der Waals surface area contributed by atoms with E-state index in [1.165, 1.54) is 11.8 Å². The number of carbonyl (C=O) groups is 5. The number of hydrogen-bond acceptors (Lipinski definition) is 7. The molecule has 0 aliphatic carbocycles. The molecular weight excluding hydrogens is 452 g/mol. The Bertz CT molecular complexity index is 688. The third-order valence-electron chi connectivity index (χ3n) is 4.87. The first kappa shape index (κ1) is 30.7. The van der Waals surface area contributed by atoms with Crippen molar-refractivity contribution in [3.8, 4) is 0 Å². The van der Waals surface area contributed by atoms with E-state index in [-0.39, 0.29) is 31.1 Å². The predicted molar refractivity (Wildman–Crippen MR) is 126 cm³/mol. The van der Waals surface area contributed by atoms with Gasteiger partial charge in [0.25, 0.3) is 0 Å². The van der Waals surface area contributed by atoms with Gasteiger partial charge in [-0.25, -0.2) is 4.79 Å². The summed E-state index contributed by atoms with van der Waals surface area (Å²) in [6.07, 6.45) is 1.57. The molecule has 0 aromatic carbocycles. The Morgan fingerprint density at radius 3 is 1.79 bits per heavy atom. The van der Waals surface area contributed by atoms with Crippen LogP contribution in [-0.4, -0.2) is 76.0 Å². The number of nitrogens with one attached hydrogen (secondary N) is 3. The van der Waals surface area contributed by atoms with Crippen LogP contribution in [0.3, 0.4) is 0 Å². The number of hydrogen-bond donors (Lipinski definition) is 6. The number of aliphatic carboxylic acids is 2. The first-order valence-corrected chi connectivity index (χ1v) is 12.3. The van der Waals surface area contributed by atoms with Crippen LogP contribution < -0.4 is 21.7 Å². The van der Waals surface area contributed by atoms with Gasteiger partial charge in [-0.2, -0.15) is 11.8 Å². The van der Waals surface area contributed by atoms with Crippen LogP contribution in [0.2, 0.25) is 0 Å². The van der Waals surface area contributed by atoms with Gasteiger partial charge in [-0.1, -0.05) is 27.7 Å². The third kappa shape index (κ3) is 12.5. The largest absolute Gasteiger partial charge is 0.481 e. The van der Waals surface area contributed by atoms with E-state index in [4.69, 9.17) is 10.8 Å². The molecule has 0 spiro atoms. The smallest absolute Gasteiger partial charge is 0.326 e. The molecule has 0 aromatic rings. The highest BCUT2D eigenvalue weighted by Gasteiger charge is 2.31. The van der Waals surface area contributed by atoms with Crippen LogP contribution in [0.1, 0.15) is 53.4 Å². The maximum atomic E-state index is 12.9. The second kappa shape index (κ2) is 15.5. The third-order valence-corrected chi connectivity index (χ3v) is 5.51. The Balaban J connectivity index is 5.54. The molecule has 3 amide bonds. The van der Waals surface area contributed by atoms with Gasteiger partial charge in [0, 0.05) is 6.42 Å². The topological polar surface area (TPSA) is 188 Å². The van der Waals surface area contributed by atoms with Crippen molar-refractivity contribution in [3.63, 3.8) is 0 Å². The van der Waals surface area contributed by atoms with Crippen LogP contribution in [0.25, 0.3) is 0 Å². The van der Waals surface area contributed by atoms with E-state index >= 15 is 0 Å². The standard InChI is InChI=1S/C21H38N4O7S/c1-11(2)10-15(25-20(30)17(22)12(3)4)19(29)23-13(6-7-16(26)27)18(28)24-14(21(31)32)8-9-33-5/h11-15,17H,6-10,22H2,1-5H3,(H,23,29)(H,24,28)(H,25,30)(H,26,27)(H,31,32). The summed E-state index contributed by atoms with van der Waals surface area (Å²) in [6, 6.07) is -4.28.